The minimum absolute atomic E-state index is 0.105. The molecule has 0 spiro atoms. The number of unbranched alkanes of at least 4 members (excludes halogenated alkanes) is 2. The van der Waals surface area contributed by atoms with E-state index in [0.29, 0.717) is 17.1 Å². The number of alkyl halides is 2. The number of hydrogen-bond acceptors (Lipinski definition) is 3. The summed E-state index contributed by atoms with van der Waals surface area (Å²) in [6.07, 6.45) is 8.77. The quantitative estimate of drug-likeness (QED) is 0.272. The second-order valence-corrected chi connectivity index (χ2v) is 7.77. The largest absolute Gasteiger partial charge is 0.432 e. The van der Waals surface area contributed by atoms with Gasteiger partial charge in [-0.1, -0.05) is 38.7 Å². The van der Waals surface area contributed by atoms with Crippen molar-refractivity contribution in [2.24, 2.45) is 11.8 Å². The van der Waals surface area contributed by atoms with E-state index in [0.717, 1.165) is 31.7 Å². The van der Waals surface area contributed by atoms with Gasteiger partial charge in [-0.3, -0.25) is 4.79 Å². The summed E-state index contributed by atoms with van der Waals surface area (Å²) in [4.78, 5) is 12.5. The Kier molecular flexibility index (Phi) is 7.40. The molecule has 1 aliphatic rings. The maximum absolute atomic E-state index is 14.3. The van der Waals surface area contributed by atoms with Gasteiger partial charge >= 0.3 is 12.6 Å². The fraction of sp³-hybridized carbons (Fsp3) is 0.522. The zero-order chi connectivity index (χ0) is 20.8. The van der Waals surface area contributed by atoms with Crippen LogP contribution in [0.2, 0.25) is 0 Å². The third-order valence-electron chi connectivity index (χ3n) is 5.72. The van der Waals surface area contributed by atoms with Crippen molar-refractivity contribution in [3.8, 4) is 11.5 Å². The number of carbonyl (C=O) groups excluding carboxylic acids is 1. The van der Waals surface area contributed by atoms with Crippen LogP contribution in [0.1, 0.15) is 58.3 Å². The molecule has 0 N–H and O–H groups in total. The zero-order valence-electron chi connectivity index (χ0n) is 16.6. The normalized spacial score (nSPS) is 19.5. The van der Waals surface area contributed by atoms with Crippen LogP contribution in [-0.2, 0) is 4.79 Å². The van der Waals surface area contributed by atoms with E-state index in [-0.39, 0.29) is 17.3 Å². The molecule has 0 aromatic heterocycles. The van der Waals surface area contributed by atoms with Crippen molar-refractivity contribution in [3.63, 3.8) is 0 Å². The van der Waals surface area contributed by atoms with Crippen LogP contribution >= 0.6 is 0 Å². The van der Waals surface area contributed by atoms with Gasteiger partial charge in [-0.2, -0.15) is 8.78 Å². The Morgan fingerprint density at radius 2 is 1.86 bits per heavy atom. The molecule has 3 rings (SSSR count). The first-order chi connectivity index (χ1) is 14.0. The summed E-state index contributed by atoms with van der Waals surface area (Å²) in [6.45, 7) is -0.895. The van der Waals surface area contributed by atoms with Crippen LogP contribution in [0, 0.1) is 17.7 Å². The highest BCUT2D eigenvalue weighted by atomic mass is 19.3. The average Bonchev–Trinajstić information content (AvgIpc) is 2.70. The standard InChI is InChI=1S/C23H27F3O3/c1-2-3-4-5-15-6-8-16(9-7-15)22(27)28-18-11-12-19-17(14-18)10-13-20(21(19)24)29-23(25)26/h10-16,23H,2-9H2,1H3. The molecule has 1 saturated carbocycles. The average molecular weight is 408 g/mol. The van der Waals surface area contributed by atoms with Crippen LogP contribution in [-0.4, -0.2) is 12.6 Å². The van der Waals surface area contributed by atoms with Gasteiger partial charge < -0.3 is 9.47 Å². The number of carbonyl (C=O) groups is 1. The van der Waals surface area contributed by atoms with E-state index in [2.05, 4.69) is 11.7 Å². The maximum atomic E-state index is 14.3. The Morgan fingerprint density at radius 3 is 2.55 bits per heavy atom. The van der Waals surface area contributed by atoms with Crippen LogP contribution in [0.15, 0.2) is 30.3 Å². The topological polar surface area (TPSA) is 35.5 Å². The Labute approximate surface area is 169 Å². The lowest BCUT2D eigenvalue weighted by molar-refractivity contribution is -0.140. The molecule has 158 valence electrons. The third kappa shape index (κ3) is 5.64. The minimum atomic E-state index is -3.09. The summed E-state index contributed by atoms with van der Waals surface area (Å²) in [6, 6.07) is 7.05. The van der Waals surface area contributed by atoms with Crippen LogP contribution < -0.4 is 9.47 Å². The highest BCUT2D eigenvalue weighted by Crippen LogP contribution is 2.34. The molecule has 2 aromatic carbocycles. The van der Waals surface area contributed by atoms with Crippen molar-refractivity contribution in [2.45, 2.75) is 64.9 Å². The molecule has 3 nitrogen and oxygen atoms in total. The first kappa shape index (κ1) is 21.5. The van der Waals surface area contributed by atoms with Crippen LogP contribution in [0.25, 0.3) is 10.8 Å². The zero-order valence-corrected chi connectivity index (χ0v) is 16.6. The first-order valence-corrected chi connectivity index (χ1v) is 10.4. The lowest BCUT2D eigenvalue weighted by atomic mass is 9.80. The van der Waals surface area contributed by atoms with Crippen LogP contribution in [0.4, 0.5) is 13.2 Å². The number of halogens is 3. The van der Waals surface area contributed by atoms with Gasteiger partial charge in [0.25, 0.3) is 0 Å². The predicted molar refractivity (Wildman–Crippen MR) is 106 cm³/mol. The van der Waals surface area contributed by atoms with Crippen molar-refractivity contribution < 1.29 is 27.4 Å². The summed E-state index contributed by atoms with van der Waals surface area (Å²) < 4.78 is 48.7. The number of esters is 1. The monoisotopic (exact) mass is 408 g/mol. The number of fused-ring (bicyclic) bond motifs is 1. The van der Waals surface area contributed by atoms with Crippen molar-refractivity contribution in [2.75, 3.05) is 0 Å². The van der Waals surface area contributed by atoms with Crippen molar-refractivity contribution in [1.82, 2.24) is 0 Å². The molecule has 29 heavy (non-hydrogen) atoms. The van der Waals surface area contributed by atoms with Gasteiger partial charge in [0.05, 0.1) is 5.92 Å². The van der Waals surface area contributed by atoms with Crippen molar-refractivity contribution >= 4 is 16.7 Å². The smallest absolute Gasteiger partial charge is 0.387 e. The number of ether oxygens (including phenoxy) is 2. The van der Waals surface area contributed by atoms with Gasteiger partial charge in [0, 0.05) is 5.39 Å². The fourth-order valence-electron chi connectivity index (χ4n) is 4.07. The highest BCUT2D eigenvalue weighted by Gasteiger charge is 2.27. The number of benzene rings is 2. The van der Waals surface area contributed by atoms with Gasteiger partial charge in [-0.25, -0.2) is 4.39 Å². The summed E-state index contributed by atoms with van der Waals surface area (Å²) >= 11 is 0. The summed E-state index contributed by atoms with van der Waals surface area (Å²) in [5.41, 5.74) is 0. The molecule has 0 heterocycles. The molecular formula is C23H27F3O3. The second kappa shape index (κ2) is 9.99. The Morgan fingerprint density at radius 1 is 1.10 bits per heavy atom. The van der Waals surface area contributed by atoms with E-state index >= 15 is 0 Å². The van der Waals surface area contributed by atoms with Gasteiger partial charge in [-0.15, -0.1) is 0 Å². The molecule has 1 fully saturated rings. The van der Waals surface area contributed by atoms with E-state index in [1.807, 2.05) is 0 Å². The molecule has 0 atom stereocenters. The highest BCUT2D eigenvalue weighted by molar-refractivity contribution is 5.87. The lowest BCUT2D eigenvalue weighted by Gasteiger charge is -2.27. The van der Waals surface area contributed by atoms with E-state index in [1.54, 1.807) is 6.07 Å². The number of hydrogen-bond donors (Lipinski definition) is 0. The molecule has 0 radical (unpaired) electrons. The van der Waals surface area contributed by atoms with E-state index in [1.165, 1.54) is 43.9 Å². The maximum Gasteiger partial charge on any atom is 0.387 e. The predicted octanol–water partition coefficient (Wildman–Crippen LogP) is 6.87. The van der Waals surface area contributed by atoms with E-state index in [9.17, 15) is 18.0 Å². The van der Waals surface area contributed by atoms with Crippen LogP contribution in [0.5, 0.6) is 11.5 Å². The molecular weight excluding hydrogens is 381 g/mol. The summed E-state index contributed by atoms with van der Waals surface area (Å²) in [5, 5.41) is 0.588. The SMILES string of the molecule is CCCCCC1CCC(C(=O)Oc2ccc3c(F)c(OC(F)F)ccc3c2)CC1. The molecule has 6 heteroatoms. The van der Waals surface area contributed by atoms with Gasteiger partial charge in [0.15, 0.2) is 11.6 Å². The van der Waals surface area contributed by atoms with E-state index in [4.69, 9.17) is 4.74 Å². The van der Waals surface area contributed by atoms with Gasteiger partial charge in [0.2, 0.25) is 0 Å². The summed E-state index contributed by atoms with van der Waals surface area (Å²) in [5.74, 6) is -0.690. The first-order valence-electron chi connectivity index (χ1n) is 10.4. The Bertz CT molecular complexity index is 829. The molecule has 0 aliphatic heterocycles. The molecule has 0 saturated heterocycles. The molecule has 0 unspecified atom stereocenters. The van der Waals surface area contributed by atoms with Crippen molar-refractivity contribution in [1.29, 1.82) is 0 Å². The molecule has 0 bridgehead atoms. The second-order valence-electron chi connectivity index (χ2n) is 7.77. The molecule has 0 amide bonds. The fourth-order valence-corrected chi connectivity index (χ4v) is 4.07. The Hall–Kier alpha value is -2.24. The van der Waals surface area contributed by atoms with Crippen LogP contribution in [0.3, 0.4) is 0 Å². The third-order valence-corrected chi connectivity index (χ3v) is 5.72. The number of rotatable bonds is 8. The molecule has 2 aromatic rings. The lowest BCUT2D eigenvalue weighted by Crippen LogP contribution is -2.25. The summed E-state index contributed by atoms with van der Waals surface area (Å²) in [7, 11) is 0. The molecule has 1 aliphatic carbocycles. The van der Waals surface area contributed by atoms with Crippen molar-refractivity contribution in [3.05, 3.63) is 36.1 Å². The minimum Gasteiger partial charge on any atom is -0.432 e. The van der Waals surface area contributed by atoms with Gasteiger partial charge in [-0.05, 0) is 61.3 Å². The van der Waals surface area contributed by atoms with Gasteiger partial charge in [0.1, 0.15) is 5.75 Å². The Balaban J connectivity index is 1.59. The van der Waals surface area contributed by atoms with E-state index < -0.39 is 18.2 Å².